The summed E-state index contributed by atoms with van der Waals surface area (Å²) in [5.41, 5.74) is 0. The number of nitrogens with zero attached hydrogens (tertiary/aromatic N) is 2. The molecule has 2 N–H and O–H groups in total. The van der Waals surface area contributed by atoms with E-state index in [2.05, 4.69) is 15.0 Å². The van der Waals surface area contributed by atoms with Gasteiger partial charge in [0.1, 0.15) is 10.7 Å². The number of piperidine rings is 1. The Bertz CT molecular complexity index is 615. The Morgan fingerprint density at radius 1 is 1.45 bits per heavy atom. The van der Waals surface area contributed by atoms with E-state index in [-0.39, 0.29) is 16.7 Å². The summed E-state index contributed by atoms with van der Waals surface area (Å²) >= 11 is 0. The minimum absolute atomic E-state index is 0.0452. The second-order valence-electron chi connectivity index (χ2n) is 5.24. The lowest BCUT2D eigenvalue weighted by Gasteiger charge is -2.32. The molecule has 0 aliphatic carbocycles. The van der Waals surface area contributed by atoms with Crippen LogP contribution < -0.4 is 14.9 Å². The van der Waals surface area contributed by atoms with Crippen molar-refractivity contribution in [3.8, 4) is 0 Å². The standard InChI is InChI=1S/C14H22N4O3S/c1-3-16-14(19)11-5-4-8-18(10-11)13-7-6-12(9-17-13)22(20,21)15-2/h6-7,9,11,15H,3-5,8,10H2,1-2H3,(H,16,19). The Kier molecular flexibility index (Phi) is 5.36. The molecule has 0 radical (unpaired) electrons. The molecule has 1 aromatic heterocycles. The summed E-state index contributed by atoms with van der Waals surface area (Å²) in [5.74, 6) is 0.724. The van der Waals surface area contributed by atoms with Crippen molar-refractivity contribution in [2.24, 2.45) is 5.92 Å². The van der Waals surface area contributed by atoms with E-state index in [0.717, 1.165) is 19.4 Å². The number of carbonyl (C=O) groups excluding carboxylic acids is 1. The number of hydrogen-bond donors (Lipinski definition) is 2. The first kappa shape index (κ1) is 16.7. The van der Waals surface area contributed by atoms with E-state index in [1.807, 2.05) is 11.8 Å². The molecule has 1 aliphatic heterocycles. The molecule has 1 atom stereocenters. The molecule has 2 heterocycles. The molecule has 22 heavy (non-hydrogen) atoms. The number of sulfonamides is 1. The Hall–Kier alpha value is -1.67. The van der Waals surface area contributed by atoms with Crippen molar-refractivity contribution in [3.05, 3.63) is 18.3 Å². The van der Waals surface area contributed by atoms with Gasteiger partial charge in [0.25, 0.3) is 0 Å². The van der Waals surface area contributed by atoms with E-state index < -0.39 is 10.0 Å². The third-order valence-corrected chi connectivity index (χ3v) is 5.17. The van der Waals surface area contributed by atoms with Gasteiger partial charge in [0.05, 0.1) is 5.92 Å². The number of nitrogens with one attached hydrogen (secondary N) is 2. The molecule has 1 aliphatic rings. The molecule has 0 spiro atoms. The van der Waals surface area contributed by atoms with E-state index in [0.29, 0.717) is 18.9 Å². The lowest BCUT2D eigenvalue weighted by atomic mass is 9.97. The number of pyridine rings is 1. The van der Waals surface area contributed by atoms with Gasteiger partial charge in [0.15, 0.2) is 0 Å². The van der Waals surface area contributed by atoms with Crippen LogP contribution in [0.15, 0.2) is 23.2 Å². The zero-order valence-electron chi connectivity index (χ0n) is 12.9. The summed E-state index contributed by atoms with van der Waals surface area (Å²) in [7, 11) is -2.11. The lowest BCUT2D eigenvalue weighted by molar-refractivity contribution is -0.125. The fraction of sp³-hybridized carbons (Fsp3) is 0.571. The van der Waals surface area contributed by atoms with Crippen LogP contribution in [0.2, 0.25) is 0 Å². The Labute approximate surface area is 131 Å². The number of anilines is 1. The number of carbonyl (C=O) groups is 1. The zero-order chi connectivity index (χ0) is 16.2. The molecule has 1 amide bonds. The van der Waals surface area contributed by atoms with Crippen molar-refractivity contribution < 1.29 is 13.2 Å². The monoisotopic (exact) mass is 326 g/mol. The summed E-state index contributed by atoms with van der Waals surface area (Å²) in [6, 6.07) is 3.22. The van der Waals surface area contributed by atoms with Crippen molar-refractivity contribution >= 4 is 21.7 Å². The molecule has 0 aromatic carbocycles. The van der Waals surface area contributed by atoms with Gasteiger partial charge in [-0.05, 0) is 38.9 Å². The van der Waals surface area contributed by atoms with Crippen LogP contribution in [-0.2, 0) is 14.8 Å². The van der Waals surface area contributed by atoms with Crippen LogP contribution in [0.1, 0.15) is 19.8 Å². The average Bonchev–Trinajstić information content (AvgIpc) is 2.55. The van der Waals surface area contributed by atoms with Crippen molar-refractivity contribution in [2.45, 2.75) is 24.7 Å². The molecule has 7 nitrogen and oxygen atoms in total. The van der Waals surface area contributed by atoms with Crippen LogP contribution in [-0.4, -0.2) is 46.0 Å². The third-order valence-electron chi connectivity index (χ3n) is 3.77. The van der Waals surface area contributed by atoms with Gasteiger partial charge in [-0.1, -0.05) is 0 Å². The van der Waals surface area contributed by atoms with Crippen molar-refractivity contribution in [1.82, 2.24) is 15.0 Å². The third kappa shape index (κ3) is 3.75. The van der Waals surface area contributed by atoms with E-state index in [1.165, 1.54) is 19.3 Å². The topological polar surface area (TPSA) is 91.4 Å². The summed E-state index contributed by atoms with van der Waals surface area (Å²) in [5, 5.41) is 2.85. The first-order valence-corrected chi connectivity index (χ1v) is 8.88. The number of rotatable bonds is 5. The van der Waals surface area contributed by atoms with Crippen molar-refractivity contribution in [2.75, 3.05) is 31.6 Å². The van der Waals surface area contributed by atoms with Crippen LogP contribution in [0.3, 0.4) is 0 Å². The highest BCUT2D eigenvalue weighted by atomic mass is 32.2. The fourth-order valence-electron chi connectivity index (χ4n) is 2.55. The number of hydrogen-bond acceptors (Lipinski definition) is 5. The molecule has 1 unspecified atom stereocenters. The first-order chi connectivity index (χ1) is 10.5. The number of amides is 1. The van der Waals surface area contributed by atoms with Gasteiger partial charge < -0.3 is 10.2 Å². The predicted octanol–water partition coefficient (Wildman–Crippen LogP) is 0.342. The maximum absolute atomic E-state index is 12.0. The first-order valence-electron chi connectivity index (χ1n) is 7.40. The normalized spacial score (nSPS) is 19.0. The highest BCUT2D eigenvalue weighted by Gasteiger charge is 2.26. The molecule has 122 valence electrons. The number of aromatic nitrogens is 1. The molecular weight excluding hydrogens is 304 g/mol. The van der Waals surface area contributed by atoms with Crippen LogP contribution >= 0.6 is 0 Å². The van der Waals surface area contributed by atoms with E-state index in [4.69, 9.17) is 0 Å². The summed E-state index contributed by atoms with van der Waals surface area (Å²) in [6.45, 7) is 3.96. The maximum atomic E-state index is 12.0. The smallest absolute Gasteiger partial charge is 0.241 e. The van der Waals surface area contributed by atoms with Crippen LogP contribution in [0.25, 0.3) is 0 Å². The summed E-state index contributed by atoms with van der Waals surface area (Å²) in [6.07, 6.45) is 3.13. The molecular formula is C14H22N4O3S. The van der Waals surface area contributed by atoms with E-state index in [9.17, 15) is 13.2 Å². The van der Waals surface area contributed by atoms with Gasteiger partial charge in [-0.2, -0.15) is 0 Å². The second-order valence-corrected chi connectivity index (χ2v) is 7.13. The Morgan fingerprint density at radius 2 is 2.23 bits per heavy atom. The van der Waals surface area contributed by atoms with Gasteiger partial charge in [-0.3, -0.25) is 4.79 Å². The SMILES string of the molecule is CCNC(=O)C1CCCN(c2ccc(S(=O)(=O)NC)cn2)C1. The Morgan fingerprint density at radius 3 is 2.82 bits per heavy atom. The maximum Gasteiger partial charge on any atom is 0.241 e. The van der Waals surface area contributed by atoms with Crippen molar-refractivity contribution in [3.63, 3.8) is 0 Å². The summed E-state index contributed by atoms with van der Waals surface area (Å²) in [4.78, 5) is 18.3. The van der Waals surface area contributed by atoms with Gasteiger partial charge in [0.2, 0.25) is 15.9 Å². The average molecular weight is 326 g/mol. The summed E-state index contributed by atoms with van der Waals surface area (Å²) < 4.78 is 25.6. The predicted molar refractivity (Wildman–Crippen MR) is 84.1 cm³/mol. The van der Waals surface area contributed by atoms with Crippen LogP contribution in [0, 0.1) is 5.92 Å². The molecule has 1 saturated heterocycles. The minimum atomic E-state index is -3.47. The Balaban J connectivity index is 2.10. The zero-order valence-corrected chi connectivity index (χ0v) is 13.7. The molecule has 2 rings (SSSR count). The second kappa shape index (κ2) is 7.06. The molecule has 1 fully saturated rings. The molecule has 0 saturated carbocycles. The molecule has 8 heteroatoms. The lowest BCUT2D eigenvalue weighted by Crippen LogP contribution is -2.43. The van der Waals surface area contributed by atoms with Gasteiger partial charge in [-0.15, -0.1) is 0 Å². The van der Waals surface area contributed by atoms with E-state index >= 15 is 0 Å². The van der Waals surface area contributed by atoms with Crippen molar-refractivity contribution in [1.29, 1.82) is 0 Å². The largest absolute Gasteiger partial charge is 0.356 e. The van der Waals surface area contributed by atoms with Gasteiger partial charge in [0, 0.05) is 25.8 Å². The minimum Gasteiger partial charge on any atom is -0.356 e. The van der Waals surface area contributed by atoms with Crippen LogP contribution in [0.4, 0.5) is 5.82 Å². The van der Waals surface area contributed by atoms with Crippen LogP contribution in [0.5, 0.6) is 0 Å². The van der Waals surface area contributed by atoms with E-state index in [1.54, 1.807) is 6.07 Å². The molecule has 0 bridgehead atoms. The quantitative estimate of drug-likeness (QED) is 0.814. The van der Waals surface area contributed by atoms with Gasteiger partial charge >= 0.3 is 0 Å². The molecule has 1 aromatic rings. The van der Waals surface area contributed by atoms with Gasteiger partial charge in [-0.25, -0.2) is 18.1 Å². The highest BCUT2D eigenvalue weighted by Crippen LogP contribution is 2.22. The highest BCUT2D eigenvalue weighted by molar-refractivity contribution is 7.89. The fourth-order valence-corrected chi connectivity index (χ4v) is 3.23.